The van der Waals surface area contributed by atoms with Crippen molar-refractivity contribution < 1.29 is 19.4 Å². The van der Waals surface area contributed by atoms with Crippen molar-refractivity contribution in [3.05, 3.63) is 12.7 Å². The number of carbonyl (C=O) groups is 2. The molecule has 0 radical (unpaired) electrons. The second-order valence-corrected chi connectivity index (χ2v) is 5.37. The normalized spacial score (nSPS) is 25.5. The molecule has 0 aliphatic carbocycles. The van der Waals surface area contributed by atoms with Crippen LogP contribution >= 0.6 is 0 Å². The number of allylic oxidation sites excluding steroid dienone is 1. The van der Waals surface area contributed by atoms with Gasteiger partial charge in [-0.25, -0.2) is 4.79 Å². The molecular weight excluding hydrogens is 246 g/mol. The van der Waals surface area contributed by atoms with Crippen molar-refractivity contribution in [3.63, 3.8) is 0 Å². The number of amides is 1. The average Bonchev–Trinajstić information content (AvgIpc) is 2.65. The van der Waals surface area contributed by atoms with Gasteiger partial charge >= 0.3 is 12.1 Å². The molecule has 1 saturated heterocycles. The van der Waals surface area contributed by atoms with E-state index in [4.69, 9.17) is 9.84 Å². The van der Waals surface area contributed by atoms with E-state index in [1.165, 1.54) is 0 Å². The number of hydrogen-bond donors (Lipinski definition) is 2. The van der Waals surface area contributed by atoms with Crippen molar-refractivity contribution in [2.45, 2.75) is 51.7 Å². The van der Waals surface area contributed by atoms with Crippen LogP contribution in [0.2, 0.25) is 0 Å². The molecule has 4 atom stereocenters. The molecule has 0 saturated carbocycles. The van der Waals surface area contributed by atoms with Crippen LogP contribution in [0.5, 0.6) is 0 Å². The molecule has 1 amide bonds. The zero-order valence-corrected chi connectivity index (χ0v) is 11.6. The molecule has 1 rings (SSSR count). The zero-order valence-electron chi connectivity index (χ0n) is 11.6. The highest BCUT2D eigenvalue weighted by molar-refractivity contribution is 5.74. The largest absolute Gasteiger partial charge is 0.465 e. The maximum absolute atomic E-state index is 11.4. The van der Waals surface area contributed by atoms with Crippen LogP contribution in [-0.4, -0.2) is 29.3 Å². The molecule has 1 fully saturated rings. The molecule has 1 aliphatic heterocycles. The van der Waals surface area contributed by atoms with Gasteiger partial charge in [-0.3, -0.25) is 4.79 Å². The SMILES string of the molecule is C=CCCC(C)C[C@@H](NC(=O)O)C1CC(C)C(=O)O1. The summed E-state index contributed by atoms with van der Waals surface area (Å²) >= 11 is 0. The van der Waals surface area contributed by atoms with Crippen molar-refractivity contribution >= 4 is 12.1 Å². The fourth-order valence-corrected chi connectivity index (χ4v) is 2.42. The monoisotopic (exact) mass is 269 g/mol. The van der Waals surface area contributed by atoms with Gasteiger partial charge in [0.1, 0.15) is 6.10 Å². The van der Waals surface area contributed by atoms with Crippen LogP contribution in [0, 0.1) is 11.8 Å². The van der Waals surface area contributed by atoms with E-state index in [1.807, 2.05) is 6.08 Å². The van der Waals surface area contributed by atoms with Crippen molar-refractivity contribution in [2.75, 3.05) is 0 Å². The van der Waals surface area contributed by atoms with Crippen LogP contribution in [0.1, 0.15) is 39.5 Å². The molecule has 0 bridgehead atoms. The predicted molar refractivity (Wildman–Crippen MR) is 71.8 cm³/mol. The molecule has 1 heterocycles. The quantitative estimate of drug-likeness (QED) is 0.550. The number of hydrogen-bond acceptors (Lipinski definition) is 3. The Morgan fingerprint density at radius 1 is 1.68 bits per heavy atom. The third kappa shape index (κ3) is 4.93. The summed E-state index contributed by atoms with van der Waals surface area (Å²) in [7, 11) is 0. The van der Waals surface area contributed by atoms with E-state index in [0.29, 0.717) is 18.8 Å². The highest BCUT2D eigenvalue weighted by Crippen LogP contribution is 2.26. The number of cyclic esters (lactones) is 1. The molecule has 0 aromatic carbocycles. The van der Waals surface area contributed by atoms with Gasteiger partial charge in [-0.1, -0.05) is 19.9 Å². The first-order valence-electron chi connectivity index (χ1n) is 6.74. The minimum absolute atomic E-state index is 0.147. The van der Waals surface area contributed by atoms with Crippen molar-refractivity contribution in [1.29, 1.82) is 0 Å². The van der Waals surface area contributed by atoms with Gasteiger partial charge < -0.3 is 15.2 Å². The standard InChI is InChI=1S/C14H23NO4/c1-4-5-6-9(2)7-11(15-14(17)18)12-8-10(3)13(16)19-12/h4,9-12,15H,1,5-8H2,2-3H3,(H,17,18)/t9?,10?,11-,12?/m1/s1. The van der Waals surface area contributed by atoms with Crippen molar-refractivity contribution in [1.82, 2.24) is 5.32 Å². The lowest BCUT2D eigenvalue weighted by Crippen LogP contribution is -2.43. The summed E-state index contributed by atoms with van der Waals surface area (Å²) in [5.41, 5.74) is 0. The van der Waals surface area contributed by atoms with E-state index >= 15 is 0 Å². The highest BCUT2D eigenvalue weighted by Gasteiger charge is 2.37. The van der Waals surface area contributed by atoms with Gasteiger partial charge in [0.2, 0.25) is 0 Å². The highest BCUT2D eigenvalue weighted by atomic mass is 16.6. The summed E-state index contributed by atoms with van der Waals surface area (Å²) < 4.78 is 5.26. The van der Waals surface area contributed by atoms with Gasteiger partial charge in [0.05, 0.1) is 12.0 Å². The minimum atomic E-state index is -1.07. The smallest absolute Gasteiger partial charge is 0.405 e. The summed E-state index contributed by atoms with van der Waals surface area (Å²) in [4.78, 5) is 22.3. The number of nitrogens with one attached hydrogen (secondary N) is 1. The summed E-state index contributed by atoms with van der Waals surface area (Å²) in [6.07, 6.45) is 3.55. The van der Waals surface area contributed by atoms with Gasteiger partial charge in [0, 0.05) is 0 Å². The number of carbonyl (C=O) groups excluding carboxylic acids is 1. The zero-order chi connectivity index (χ0) is 14.4. The number of ether oxygens (including phenoxy) is 1. The molecule has 0 spiro atoms. The Hall–Kier alpha value is -1.52. The van der Waals surface area contributed by atoms with Crippen LogP contribution in [-0.2, 0) is 9.53 Å². The third-order valence-corrected chi connectivity index (χ3v) is 3.53. The molecule has 5 nitrogen and oxygen atoms in total. The molecular formula is C14H23NO4. The van der Waals surface area contributed by atoms with Gasteiger partial charge in [-0.2, -0.15) is 0 Å². The molecule has 2 N–H and O–H groups in total. The summed E-state index contributed by atoms with van der Waals surface area (Å²) in [6, 6.07) is -0.328. The van der Waals surface area contributed by atoms with Gasteiger partial charge in [-0.15, -0.1) is 6.58 Å². The molecule has 5 heteroatoms. The Morgan fingerprint density at radius 3 is 2.84 bits per heavy atom. The topological polar surface area (TPSA) is 75.6 Å². The summed E-state index contributed by atoms with van der Waals surface area (Å²) in [6.45, 7) is 7.55. The molecule has 0 aromatic rings. The van der Waals surface area contributed by atoms with E-state index in [9.17, 15) is 9.59 Å². The van der Waals surface area contributed by atoms with Gasteiger partial charge in [-0.05, 0) is 31.6 Å². The number of rotatable bonds is 7. The van der Waals surface area contributed by atoms with E-state index in [0.717, 1.165) is 12.8 Å². The van der Waals surface area contributed by atoms with E-state index < -0.39 is 6.09 Å². The Kier molecular flexibility index (Phi) is 5.86. The van der Waals surface area contributed by atoms with Gasteiger partial charge in [0.25, 0.3) is 0 Å². The molecule has 0 aromatic heterocycles. The van der Waals surface area contributed by atoms with Crippen LogP contribution in [0.3, 0.4) is 0 Å². The Balaban J connectivity index is 2.59. The van der Waals surface area contributed by atoms with Crippen LogP contribution < -0.4 is 5.32 Å². The molecule has 108 valence electrons. The van der Waals surface area contributed by atoms with E-state index in [-0.39, 0.29) is 24.0 Å². The molecule has 19 heavy (non-hydrogen) atoms. The first kappa shape index (κ1) is 15.5. The fraction of sp³-hybridized carbons (Fsp3) is 0.714. The first-order valence-corrected chi connectivity index (χ1v) is 6.74. The van der Waals surface area contributed by atoms with Crippen LogP contribution in [0.4, 0.5) is 4.79 Å². The Bertz CT molecular complexity index is 342. The minimum Gasteiger partial charge on any atom is -0.465 e. The Morgan fingerprint density at radius 2 is 2.37 bits per heavy atom. The van der Waals surface area contributed by atoms with E-state index in [2.05, 4.69) is 18.8 Å². The number of esters is 1. The first-order chi connectivity index (χ1) is 8.93. The predicted octanol–water partition coefficient (Wildman–Crippen LogP) is 2.57. The van der Waals surface area contributed by atoms with Crippen LogP contribution in [0.15, 0.2) is 12.7 Å². The van der Waals surface area contributed by atoms with Gasteiger partial charge in [0.15, 0.2) is 0 Å². The number of carboxylic acid groups (broad SMARTS) is 1. The summed E-state index contributed by atoms with van der Waals surface area (Å²) in [5.74, 6) is -0.0306. The second-order valence-electron chi connectivity index (χ2n) is 5.37. The Labute approximate surface area is 114 Å². The van der Waals surface area contributed by atoms with Crippen molar-refractivity contribution in [3.8, 4) is 0 Å². The fourth-order valence-electron chi connectivity index (χ4n) is 2.42. The lowest BCUT2D eigenvalue weighted by atomic mass is 9.92. The summed E-state index contributed by atoms with van der Waals surface area (Å²) in [5, 5.41) is 11.4. The van der Waals surface area contributed by atoms with Crippen LogP contribution in [0.25, 0.3) is 0 Å². The maximum Gasteiger partial charge on any atom is 0.405 e. The molecule has 1 aliphatic rings. The lowest BCUT2D eigenvalue weighted by molar-refractivity contribution is -0.144. The second kappa shape index (κ2) is 7.16. The maximum atomic E-state index is 11.4. The van der Waals surface area contributed by atoms with E-state index in [1.54, 1.807) is 6.92 Å². The third-order valence-electron chi connectivity index (χ3n) is 3.53. The average molecular weight is 269 g/mol. The lowest BCUT2D eigenvalue weighted by Gasteiger charge is -2.25. The molecule has 3 unspecified atom stereocenters. The van der Waals surface area contributed by atoms with Crippen molar-refractivity contribution in [2.24, 2.45) is 11.8 Å².